The molecule has 0 saturated heterocycles. The van der Waals surface area contributed by atoms with Gasteiger partial charge in [0, 0.05) is 61.1 Å². The molecule has 12 aromatic carbocycles. The van der Waals surface area contributed by atoms with Gasteiger partial charge in [-0.1, -0.05) is 121 Å². The fourth-order valence-corrected chi connectivity index (χ4v) is 14.7. The zero-order valence-corrected chi connectivity index (χ0v) is 54.6. The van der Waals surface area contributed by atoms with Crippen LogP contribution in [0.15, 0.2) is 318 Å². The zero-order valence-electron chi connectivity index (χ0n) is 54.6. The van der Waals surface area contributed by atoms with Gasteiger partial charge in [-0.2, -0.15) is 0 Å². The largest absolute Gasteiger partial charge is 0.436 e. The van der Waals surface area contributed by atoms with Crippen molar-refractivity contribution in [1.82, 2.24) is 49.0 Å². The Kier molecular flexibility index (Phi) is 12.4. The predicted octanol–water partition coefficient (Wildman–Crippen LogP) is 22.5. The Morgan fingerprint density at radius 1 is 0.221 bits per heavy atom. The third kappa shape index (κ3) is 9.25. The second-order valence-corrected chi connectivity index (χ2v) is 25.8. The smallest absolute Gasteiger partial charge is 0.230 e. The molecule has 0 aliphatic carbocycles. The summed E-state index contributed by atoms with van der Waals surface area (Å²) in [5.74, 6) is 4.41. The van der Waals surface area contributed by atoms with E-state index in [0.717, 1.165) is 155 Å². The van der Waals surface area contributed by atoms with E-state index in [9.17, 15) is 0 Å². The highest BCUT2D eigenvalue weighted by Gasteiger charge is 2.27. The van der Waals surface area contributed by atoms with E-state index in [-0.39, 0.29) is 0 Å². The van der Waals surface area contributed by atoms with Crippen LogP contribution in [0.3, 0.4) is 0 Å². The molecule has 0 aliphatic heterocycles. The minimum atomic E-state index is 0.470. The lowest BCUT2D eigenvalue weighted by molar-refractivity contribution is 0.619. The third-order valence-corrected chi connectivity index (χ3v) is 19.6. The summed E-state index contributed by atoms with van der Waals surface area (Å²) in [6.45, 7) is 0. The first-order valence-corrected chi connectivity index (χ1v) is 34.0. The minimum absolute atomic E-state index is 0.470. The number of oxazole rings is 6. The molecular formula is C88H48N10O6. The molecule has 16 heteroatoms. The Balaban J connectivity index is 0.633. The molecule has 0 N–H and O–H groups in total. The van der Waals surface area contributed by atoms with Crippen molar-refractivity contribution in [2.24, 2.45) is 0 Å². The molecule has 22 aromatic rings. The molecule has 16 nitrogen and oxygen atoms in total. The molecule has 22 rings (SSSR count). The summed E-state index contributed by atoms with van der Waals surface area (Å²) < 4.78 is 43.3. The first-order chi connectivity index (χ1) is 51.4. The van der Waals surface area contributed by atoms with Crippen molar-refractivity contribution in [2.45, 2.75) is 0 Å². The van der Waals surface area contributed by atoms with Crippen LogP contribution in [0.2, 0.25) is 0 Å². The Bertz CT molecular complexity index is 7060. The molecule has 10 aromatic heterocycles. The van der Waals surface area contributed by atoms with Crippen molar-refractivity contribution in [1.29, 1.82) is 0 Å². The molecule has 0 fully saturated rings. The van der Waals surface area contributed by atoms with E-state index in [2.05, 4.69) is 112 Å². The van der Waals surface area contributed by atoms with Crippen LogP contribution >= 0.6 is 0 Å². The molecule has 0 saturated carbocycles. The van der Waals surface area contributed by atoms with E-state index in [1.54, 1.807) is 6.20 Å². The lowest BCUT2D eigenvalue weighted by Gasteiger charge is -2.17. The van der Waals surface area contributed by atoms with Crippen molar-refractivity contribution < 1.29 is 26.5 Å². The highest BCUT2D eigenvalue weighted by atomic mass is 16.4. The van der Waals surface area contributed by atoms with Crippen molar-refractivity contribution in [3.8, 4) is 114 Å². The van der Waals surface area contributed by atoms with Gasteiger partial charge in [0.1, 0.15) is 44.7 Å². The molecule has 0 radical (unpaired) electrons. The first-order valence-electron chi connectivity index (χ1n) is 34.0. The molecule has 10 heterocycles. The maximum Gasteiger partial charge on any atom is 0.230 e. The average Bonchev–Trinajstić information content (AvgIpc) is 1.56. The van der Waals surface area contributed by atoms with Crippen molar-refractivity contribution in [3.05, 3.63) is 291 Å². The second kappa shape index (κ2) is 22.4. The van der Waals surface area contributed by atoms with Gasteiger partial charge in [-0.25, -0.2) is 39.9 Å². The lowest BCUT2D eigenvalue weighted by atomic mass is 9.95. The van der Waals surface area contributed by atoms with E-state index in [0.29, 0.717) is 69.0 Å². The van der Waals surface area contributed by atoms with Crippen molar-refractivity contribution in [3.63, 3.8) is 0 Å². The Hall–Kier alpha value is -14.6. The number of nitrogens with zero attached hydrogens (tertiary/aromatic N) is 10. The van der Waals surface area contributed by atoms with Gasteiger partial charge in [-0.3, -0.25) is 9.13 Å². The summed E-state index contributed by atoms with van der Waals surface area (Å²) in [6, 6.07) is 95.3. The molecule has 0 aliphatic rings. The maximum absolute atomic E-state index is 6.72. The van der Waals surface area contributed by atoms with Gasteiger partial charge in [0.05, 0.1) is 38.9 Å². The van der Waals surface area contributed by atoms with Gasteiger partial charge in [-0.05, 0) is 180 Å². The SMILES string of the molecule is c1ccc(-c2cc(-n3c4ccc(-c5nc6ccccc6o5)cc4c4cc(-c5nc6cc(-c7ccc8nc(-c9ccc%10c(c9)c9cc(-c%11nc%12ccccc%12o%11)ccc9n%10-c9ccc(-c%10nc%11ccccc%11o%10)cn9)oc8c7)ccc6o5)ccc43)nc(-c3ccccc3)c2-c2nc3ccccc3o2)cc1. The van der Waals surface area contributed by atoms with Crippen LogP contribution in [-0.2, 0) is 0 Å². The fourth-order valence-electron chi connectivity index (χ4n) is 14.7. The van der Waals surface area contributed by atoms with Crippen molar-refractivity contribution in [2.75, 3.05) is 0 Å². The third-order valence-electron chi connectivity index (χ3n) is 19.6. The van der Waals surface area contributed by atoms with E-state index in [4.69, 9.17) is 66.4 Å². The number of aromatic nitrogens is 10. The fraction of sp³-hybridized carbons (Fsp3) is 0. The van der Waals surface area contributed by atoms with Crippen LogP contribution in [0.25, 0.3) is 224 Å². The molecule has 0 bridgehead atoms. The van der Waals surface area contributed by atoms with Gasteiger partial charge < -0.3 is 26.5 Å². The number of hydrogen-bond donors (Lipinski definition) is 0. The number of para-hydroxylation sites is 8. The van der Waals surface area contributed by atoms with Crippen LogP contribution in [0, 0.1) is 0 Å². The molecule has 0 unspecified atom stereocenters. The maximum atomic E-state index is 6.72. The zero-order chi connectivity index (χ0) is 68.1. The number of rotatable bonds is 11. The summed E-state index contributed by atoms with van der Waals surface area (Å²) in [5, 5.41) is 3.83. The number of fused-ring (bicyclic) bond motifs is 12. The highest BCUT2D eigenvalue weighted by Crippen LogP contribution is 2.46. The summed E-state index contributed by atoms with van der Waals surface area (Å²) in [6.07, 6.45) is 1.80. The summed E-state index contributed by atoms with van der Waals surface area (Å²) in [7, 11) is 0. The molecule has 0 spiro atoms. The monoisotopic (exact) mass is 1340 g/mol. The second-order valence-electron chi connectivity index (χ2n) is 25.8. The quantitative estimate of drug-likeness (QED) is 0.119. The van der Waals surface area contributed by atoms with Gasteiger partial charge in [-0.15, -0.1) is 0 Å². The molecule has 104 heavy (non-hydrogen) atoms. The Morgan fingerprint density at radius 2 is 0.587 bits per heavy atom. The van der Waals surface area contributed by atoms with Gasteiger partial charge in [0.2, 0.25) is 35.3 Å². The molecule has 486 valence electrons. The molecular weight excluding hydrogens is 1290 g/mol. The van der Waals surface area contributed by atoms with E-state index in [1.165, 1.54) is 0 Å². The van der Waals surface area contributed by atoms with E-state index in [1.807, 2.05) is 182 Å². The van der Waals surface area contributed by atoms with Gasteiger partial charge >= 0.3 is 0 Å². The lowest BCUT2D eigenvalue weighted by Crippen LogP contribution is -2.03. The summed E-state index contributed by atoms with van der Waals surface area (Å²) in [4.78, 5) is 40.5. The minimum Gasteiger partial charge on any atom is -0.436 e. The van der Waals surface area contributed by atoms with E-state index < -0.39 is 0 Å². The van der Waals surface area contributed by atoms with Crippen LogP contribution in [0.1, 0.15) is 0 Å². The topological polar surface area (TPSA) is 192 Å². The number of hydrogen-bond acceptors (Lipinski definition) is 14. The Morgan fingerprint density at radius 3 is 1.07 bits per heavy atom. The average molecular weight is 1340 g/mol. The Labute approximate surface area is 587 Å². The van der Waals surface area contributed by atoms with Crippen LogP contribution in [0.4, 0.5) is 0 Å². The normalized spacial score (nSPS) is 12.0. The number of benzene rings is 12. The first kappa shape index (κ1) is 57.3. The van der Waals surface area contributed by atoms with Gasteiger partial charge in [0.15, 0.2) is 33.5 Å². The van der Waals surface area contributed by atoms with Gasteiger partial charge in [0.25, 0.3) is 0 Å². The predicted molar refractivity (Wildman–Crippen MR) is 405 cm³/mol. The van der Waals surface area contributed by atoms with Crippen LogP contribution < -0.4 is 0 Å². The van der Waals surface area contributed by atoms with E-state index >= 15 is 0 Å². The molecule has 0 amide bonds. The number of pyridine rings is 2. The standard InChI is InChI=1S/C88H48N10O6/c1-3-15-49(16-4-1)58-47-80(96-82(50-17-5-2-6-18-50)81(58)88-94-66-22-10-14-26-76(66)103-88)98-71-37-30-54(84-91-64-20-8-12-24-74(64)100-84)42-61(71)62-44-56(31-38-72(62)98)86-95-68-45-51(32-39-77(68)102-86)52-27-34-67-78(46-52)104-85(93-67)55-29-36-70-60(43-55)59-41-53(83-90-63-19-7-11-23-73(63)99-83)28-35-69(59)97(70)79-40-33-57(48-89-79)87-92-65-21-9-13-25-75(65)101-87/h1-48H. The van der Waals surface area contributed by atoms with Crippen molar-refractivity contribution >= 4 is 110 Å². The summed E-state index contributed by atoms with van der Waals surface area (Å²) in [5.41, 5.74) is 22.6. The van der Waals surface area contributed by atoms with Crippen LogP contribution in [0.5, 0.6) is 0 Å². The summed E-state index contributed by atoms with van der Waals surface area (Å²) >= 11 is 0. The van der Waals surface area contributed by atoms with Crippen LogP contribution in [-0.4, -0.2) is 49.0 Å². The molecule has 0 atom stereocenters. The highest BCUT2D eigenvalue weighted by molar-refractivity contribution is 6.13.